The van der Waals surface area contributed by atoms with Crippen LogP contribution in [0.25, 0.3) is 0 Å². The maximum Gasteiger partial charge on any atom is 0.271 e. The predicted octanol–water partition coefficient (Wildman–Crippen LogP) is 5.22. The first-order valence-corrected chi connectivity index (χ1v) is 12.3. The maximum absolute atomic E-state index is 12.5. The smallest absolute Gasteiger partial charge is 0.271 e. The number of halogens is 1. The Bertz CT molecular complexity index is 1130. The van der Waals surface area contributed by atoms with Crippen LogP contribution in [0.15, 0.2) is 84.0 Å². The van der Waals surface area contributed by atoms with Crippen molar-refractivity contribution in [3.63, 3.8) is 0 Å². The second-order valence-electron chi connectivity index (χ2n) is 7.44. The first kappa shape index (κ1) is 22.5. The van der Waals surface area contributed by atoms with Gasteiger partial charge in [0.1, 0.15) is 5.37 Å². The Morgan fingerprint density at radius 2 is 1.69 bits per heavy atom. The zero-order valence-electron chi connectivity index (χ0n) is 17.5. The number of hydrogen-bond donors (Lipinski definition) is 1. The van der Waals surface area contributed by atoms with Crippen molar-refractivity contribution in [2.24, 2.45) is 5.10 Å². The van der Waals surface area contributed by atoms with Gasteiger partial charge in [-0.1, -0.05) is 54.6 Å². The first-order valence-electron chi connectivity index (χ1n) is 10.2. The number of hydrogen-bond acceptors (Lipinski definition) is 4. The third kappa shape index (κ3) is 5.39. The molecule has 0 unspecified atom stereocenters. The molecule has 3 aromatic carbocycles. The van der Waals surface area contributed by atoms with Crippen LogP contribution in [-0.4, -0.2) is 28.2 Å². The highest BCUT2D eigenvalue weighted by Crippen LogP contribution is 2.39. The Balaban J connectivity index is 1.42. The lowest BCUT2D eigenvalue weighted by Gasteiger charge is -2.24. The summed E-state index contributed by atoms with van der Waals surface area (Å²) in [6.45, 7) is 2.44. The highest BCUT2D eigenvalue weighted by molar-refractivity contribution is 14.1. The number of nitrogens with one attached hydrogen (secondary N) is 1. The van der Waals surface area contributed by atoms with Crippen molar-refractivity contribution in [1.29, 1.82) is 0 Å². The van der Waals surface area contributed by atoms with Crippen LogP contribution in [0.3, 0.4) is 0 Å². The van der Waals surface area contributed by atoms with Gasteiger partial charge in [-0.05, 0) is 70.5 Å². The van der Waals surface area contributed by atoms with Crippen LogP contribution < -0.4 is 5.43 Å². The molecule has 1 aliphatic heterocycles. The van der Waals surface area contributed by atoms with Crippen LogP contribution in [0.4, 0.5) is 0 Å². The number of amides is 2. The minimum atomic E-state index is -0.266. The summed E-state index contributed by atoms with van der Waals surface area (Å²) in [7, 11) is 0. The number of nitrogens with zero attached hydrogens (tertiary/aromatic N) is 2. The Hall–Kier alpha value is -2.65. The largest absolute Gasteiger partial charge is 0.322 e. The fraction of sp³-hybridized carbons (Fsp3) is 0.160. The summed E-state index contributed by atoms with van der Waals surface area (Å²) >= 11 is 3.86. The molecule has 4 rings (SSSR count). The number of hydrazone groups is 1. The average molecular weight is 555 g/mol. The number of thioether (sulfide) groups is 1. The predicted molar refractivity (Wildman–Crippen MR) is 137 cm³/mol. The summed E-state index contributed by atoms with van der Waals surface area (Å²) < 4.78 is 1.15. The molecule has 1 heterocycles. The van der Waals surface area contributed by atoms with E-state index in [-0.39, 0.29) is 17.2 Å². The van der Waals surface area contributed by atoms with Crippen LogP contribution in [0.5, 0.6) is 0 Å². The van der Waals surface area contributed by atoms with Crippen molar-refractivity contribution in [3.05, 3.63) is 105 Å². The molecule has 1 aliphatic rings. The topological polar surface area (TPSA) is 61.8 Å². The number of benzene rings is 3. The van der Waals surface area contributed by atoms with Crippen molar-refractivity contribution in [3.8, 4) is 0 Å². The molecule has 0 aromatic heterocycles. The summed E-state index contributed by atoms with van der Waals surface area (Å²) in [6, 6.07) is 25.3. The molecule has 7 heteroatoms. The van der Waals surface area contributed by atoms with E-state index < -0.39 is 0 Å². The van der Waals surface area contributed by atoms with E-state index in [0.717, 1.165) is 26.0 Å². The van der Waals surface area contributed by atoms with Gasteiger partial charge in [0.25, 0.3) is 5.91 Å². The summed E-state index contributed by atoms with van der Waals surface area (Å²) in [5.74, 6) is 0.329. The van der Waals surface area contributed by atoms with Crippen LogP contribution in [-0.2, 0) is 11.3 Å². The molecule has 162 valence electrons. The van der Waals surface area contributed by atoms with Crippen LogP contribution >= 0.6 is 34.4 Å². The first-order chi connectivity index (χ1) is 15.5. The quantitative estimate of drug-likeness (QED) is 0.258. The Morgan fingerprint density at radius 1 is 1.03 bits per heavy atom. The van der Waals surface area contributed by atoms with Gasteiger partial charge < -0.3 is 4.90 Å². The maximum atomic E-state index is 12.5. The summed E-state index contributed by atoms with van der Waals surface area (Å²) in [5.41, 5.74) is 6.96. The molecule has 32 heavy (non-hydrogen) atoms. The summed E-state index contributed by atoms with van der Waals surface area (Å²) in [4.78, 5) is 26.9. The van der Waals surface area contributed by atoms with E-state index in [0.29, 0.717) is 17.9 Å². The molecule has 5 nitrogen and oxygen atoms in total. The monoisotopic (exact) mass is 555 g/mol. The Kier molecular flexibility index (Phi) is 7.26. The second kappa shape index (κ2) is 10.3. The molecular weight excluding hydrogens is 533 g/mol. The van der Waals surface area contributed by atoms with Crippen molar-refractivity contribution in [2.75, 3.05) is 5.75 Å². The van der Waals surface area contributed by atoms with Crippen LogP contribution in [0.1, 0.15) is 39.3 Å². The molecule has 0 radical (unpaired) electrons. The van der Waals surface area contributed by atoms with E-state index in [2.05, 4.69) is 33.1 Å². The molecule has 0 spiro atoms. The van der Waals surface area contributed by atoms with Gasteiger partial charge in [-0.25, -0.2) is 5.43 Å². The minimum absolute atomic E-state index is 0.0547. The highest BCUT2D eigenvalue weighted by atomic mass is 127. The fourth-order valence-corrected chi connectivity index (χ4v) is 4.98. The van der Waals surface area contributed by atoms with Gasteiger partial charge in [0.2, 0.25) is 5.91 Å². The number of carbonyl (C=O) groups is 2. The van der Waals surface area contributed by atoms with Gasteiger partial charge >= 0.3 is 0 Å². The molecule has 1 N–H and O–H groups in total. The molecule has 0 saturated carbocycles. The zero-order valence-corrected chi connectivity index (χ0v) is 20.5. The van der Waals surface area contributed by atoms with Crippen LogP contribution in [0, 0.1) is 3.57 Å². The van der Waals surface area contributed by atoms with Gasteiger partial charge in [0.15, 0.2) is 0 Å². The highest BCUT2D eigenvalue weighted by Gasteiger charge is 2.32. The van der Waals surface area contributed by atoms with Crippen molar-refractivity contribution < 1.29 is 9.59 Å². The molecule has 1 atom stereocenters. The van der Waals surface area contributed by atoms with Gasteiger partial charge in [-0.3, -0.25) is 9.59 Å². The third-order valence-electron chi connectivity index (χ3n) is 5.21. The Morgan fingerprint density at radius 3 is 2.38 bits per heavy atom. The molecule has 0 aliphatic carbocycles. The van der Waals surface area contributed by atoms with Gasteiger partial charge in [-0.2, -0.15) is 5.10 Å². The van der Waals surface area contributed by atoms with Crippen molar-refractivity contribution >= 4 is 51.9 Å². The normalized spacial score (nSPS) is 16.3. The second-order valence-corrected chi connectivity index (χ2v) is 9.75. The number of carbonyl (C=O) groups excluding carboxylic acids is 2. The summed E-state index contributed by atoms with van der Waals surface area (Å²) in [6.07, 6.45) is 0. The minimum Gasteiger partial charge on any atom is -0.322 e. The molecule has 3 aromatic rings. The molecule has 2 amide bonds. The van der Waals surface area contributed by atoms with Crippen LogP contribution in [0.2, 0.25) is 0 Å². The summed E-state index contributed by atoms with van der Waals surface area (Å²) in [5, 5.41) is 4.17. The fourth-order valence-electron chi connectivity index (χ4n) is 3.44. The standard InChI is InChI=1S/C25H22IN3O2S/c1-17(19-11-13-22(26)14-12-19)27-28-24(31)20-7-9-21(10-8-20)25-29(23(30)16-32-25)15-18-5-3-2-4-6-18/h2-14,25H,15-16H2,1H3,(H,28,31)/b27-17-/t25-/m1/s1. The van der Waals surface area contributed by atoms with E-state index in [9.17, 15) is 9.59 Å². The molecule has 0 bridgehead atoms. The van der Waals surface area contributed by atoms with E-state index in [1.54, 1.807) is 23.9 Å². The lowest BCUT2D eigenvalue weighted by atomic mass is 10.1. The van der Waals surface area contributed by atoms with E-state index in [1.165, 1.54) is 0 Å². The van der Waals surface area contributed by atoms with Gasteiger partial charge in [0.05, 0.1) is 11.5 Å². The van der Waals surface area contributed by atoms with Gasteiger partial charge in [-0.15, -0.1) is 11.8 Å². The lowest BCUT2D eigenvalue weighted by molar-refractivity contribution is -0.128. The Labute approximate surface area is 205 Å². The SMILES string of the molecule is C/C(=N/NC(=O)c1ccc([C@H]2SCC(=O)N2Cc2ccccc2)cc1)c1ccc(I)cc1. The van der Waals surface area contributed by atoms with E-state index in [1.807, 2.05) is 78.6 Å². The zero-order chi connectivity index (χ0) is 22.5. The molecule has 1 saturated heterocycles. The van der Waals surface area contributed by atoms with Crippen molar-refractivity contribution in [1.82, 2.24) is 10.3 Å². The molecule has 1 fully saturated rings. The number of rotatable bonds is 6. The van der Waals surface area contributed by atoms with Crippen molar-refractivity contribution in [2.45, 2.75) is 18.8 Å². The average Bonchev–Trinajstić information content (AvgIpc) is 3.18. The molecular formula is C25H22IN3O2S. The lowest BCUT2D eigenvalue weighted by Crippen LogP contribution is -2.27. The van der Waals surface area contributed by atoms with Gasteiger partial charge in [0, 0.05) is 15.7 Å². The van der Waals surface area contributed by atoms with E-state index >= 15 is 0 Å². The third-order valence-corrected chi connectivity index (χ3v) is 7.18. The van der Waals surface area contributed by atoms with E-state index in [4.69, 9.17) is 0 Å².